The summed E-state index contributed by atoms with van der Waals surface area (Å²) in [4.78, 5) is 3.88. The van der Waals surface area contributed by atoms with Gasteiger partial charge in [-0.1, -0.05) is 17.7 Å². The summed E-state index contributed by atoms with van der Waals surface area (Å²) in [7, 11) is 0. The highest BCUT2D eigenvalue weighted by molar-refractivity contribution is 6.29. The highest BCUT2D eigenvalue weighted by Crippen LogP contribution is 2.18. The van der Waals surface area contributed by atoms with Crippen LogP contribution in [-0.4, -0.2) is 16.6 Å². The van der Waals surface area contributed by atoms with Crippen molar-refractivity contribution in [3.63, 3.8) is 0 Å². The fourth-order valence-corrected chi connectivity index (χ4v) is 0.899. The quantitative estimate of drug-likeness (QED) is 0.684. The first kappa shape index (κ1) is 9.03. The zero-order valence-corrected chi connectivity index (χ0v) is 7.12. The SMILES string of the molecule is NCC=Cc1nc(Cl)ccc1O. The van der Waals surface area contributed by atoms with Crippen molar-refractivity contribution in [2.24, 2.45) is 5.73 Å². The maximum Gasteiger partial charge on any atom is 0.141 e. The Bertz CT molecular complexity index is 299. The van der Waals surface area contributed by atoms with Gasteiger partial charge in [0.05, 0.1) is 0 Å². The maximum absolute atomic E-state index is 9.25. The molecule has 3 N–H and O–H groups in total. The molecule has 0 bridgehead atoms. The molecular weight excluding hydrogens is 176 g/mol. The van der Waals surface area contributed by atoms with Crippen molar-refractivity contribution in [2.45, 2.75) is 0 Å². The second-order valence-electron chi connectivity index (χ2n) is 2.18. The second kappa shape index (κ2) is 4.09. The van der Waals surface area contributed by atoms with E-state index in [0.717, 1.165) is 0 Å². The summed E-state index contributed by atoms with van der Waals surface area (Å²) in [6.45, 7) is 0.410. The summed E-state index contributed by atoms with van der Waals surface area (Å²) in [6.07, 6.45) is 3.32. The first-order valence-corrected chi connectivity index (χ1v) is 3.84. The van der Waals surface area contributed by atoms with E-state index in [1.54, 1.807) is 12.2 Å². The Morgan fingerprint density at radius 2 is 2.33 bits per heavy atom. The van der Waals surface area contributed by atoms with Gasteiger partial charge in [0, 0.05) is 6.54 Å². The Labute approximate surface area is 75.5 Å². The molecular formula is C8H9ClN2O. The summed E-state index contributed by atoms with van der Waals surface area (Å²) < 4.78 is 0. The number of hydrogen-bond donors (Lipinski definition) is 2. The number of hydrogen-bond acceptors (Lipinski definition) is 3. The number of nitrogens with zero attached hydrogens (tertiary/aromatic N) is 1. The van der Waals surface area contributed by atoms with Gasteiger partial charge < -0.3 is 10.8 Å². The lowest BCUT2D eigenvalue weighted by Crippen LogP contribution is -1.92. The molecule has 0 spiro atoms. The van der Waals surface area contributed by atoms with Crippen LogP contribution in [0.15, 0.2) is 18.2 Å². The van der Waals surface area contributed by atoms with Crippen molar-refractivity contribution in [1.82, 2.24) is 4.98 Å². The molecule has 0 aliphatic carbocycles. The van der Waals surface area contributed by atoms with Gasteiger partial charge >= 0.3 is 0 Å². The molecule has 0 amide bonds. The lowest BCUT2D eigenvalue weighted by atomic mass is 10.3. The number of rotatable bonds is 2. The minimum Gasteiger partial charge on any atom is -0.506 e. The van der Waals surface area contributed by atoms with Crippen LogP contribution in [0, 0.1) is 0 Å². The number of aromatic nitrogens is 1. The molecule has 0 aliphatic heterocycles. The maximum atomic E-state index is 9.25. The molecule has 0 saturated carbocycles. The van der Waals surface area contributed by atoms with E-state index in [-0.39, 0.29) is 5.75 Å². The third kappa shape index (κ3) is 2.22. The van der Waals surface area contributed by atoms with Crippen molar-refractivity contribution in [2.75, 3.05) is 6.54 Å². The Morgan fingerprint density at radius 1 is 1.58 bits per heavy atom. The summed E-state index contributed by atoms with van der Waals surface area (Å²) in [6, 6.07) is 3.02. The van der Waals surface area contributed by atoms with Crippen LogP contribution in [0.3, 0.4) is 0 Å². The molecule has 0 atom stereocenters. The molecule has 0 aromatic carbocycles. The molecule has 4 heteroatoms. The number of aromatic hydroxyl groups is 1. The first-order chi connectivity index (χ1) is 5.74. The van der Waals surface area contributed by atoms with Gasteiger partial charge in [-0.05, 0) is 18.2 Å². The number of halogens is 1. The van der Waals surface area contributed by atoms with E-state index in [4.69, 9.17) is 17.3 Å². The minimum atomic E-state index is 0.101. The molecule has 1 aromatic rings. The largest absolute Gasteiger partial charge is 0.506 e. The minimum absolute atomic E-state index is 0.101. The van der Waals surface area contributed by atoms with Crippen molar-refractivity contribution in [1.29, 1.82) is 0 Å². The van der Waals surface area contributed by atoms with Crippen molar-refractivity contribution >= 4 is 17.7 Å². The Morgan fingerprint density at radius 3 is 3.00 bits per heavy atom. The molecule has 0 saturated heterocycles. The van der Waals surface area contributed by atoms with Crippen LogP contribution in [-0.2, 0) is 0 Å². The van der Waals surface area contributed by atoms with E-state index in [1.807, 2.05) is 0 Å². The molecule has 1 aromatic heterocycles. The third-order valence-electron chi connectivity index (χ3n) is 1.28. The van der Waals surface area contributed by atoms with Crippen molar-refractivity contribution in [3.8, 4) is 5.75 Å². The van der Waals surface area contributed by atoms with Crippen LogP contribution in [0.1, 0.15) is 5.69 Å². The topological polar surface area (TPSA) is 59.1 Å². The van der Waals surface area contributed by atoms with Gasteiger partial charge in [-0.25, -0.2) is 4.98 Å². The molecule has 1 heterocycles. The van der Waals surface area contributed by atoms with Crippen LogP contribution >= 0.6 is 11.6 Å². The van der Waals surface area contributed by atoms with Gasteiger partial charge in [-0.15, -0.1) is 0 Å². The smallest absolute Gasteiger partial charge is 0.141 e. The molecule has 1 rings (SSSR count). The summed E-state index contributed by atoms with van der Waals surface area (Å²) in [5.74, 6) is 0.101. The Kier molecular flexibility index (Phi) is 3.08. The lowest BCUT2D eigenvalue weighted by Gasteiger charge is -1.97. The van der Waals surface area contributed by atoms with Gasteiger partial charge in [-0.2, -0.15) is 0 Å². The summed E-state index contributed by atoms with van der Waals surface area (Å²) in [5.41, 5.74) is 5.67. The van der Waals surface area contributed by atoms with E-state index < -0.39 is 0 Å². The van der Waals surface area contributed by atoms with E-state index >= 15 is 0 Å². The van der Waals surface area contributed by atoms with Gasteiger partial charge in [0.1, 0.15) is 16.6 Å². The van der Waals surface area contributed by atoms with E-state index in [0.29, 0.717) is 17.4 Å². The van der Waals surface area contributed by atoms with Crippen LogP contribution in [0.5, 0.6) is 5.75 Å². The second-order valence-corrected chi connectivity index (χ2v) is 2.56. The van der Waals surface area contributed by atoms with Crippen LogP contribution < -0.4 is 5.73 Å². The van der Waals surface area contributed by atoms with Crippen molar-refractivity contribution in [3.05, 3.63) is 29.1 Å². The first-order valence-electron chi connectivity index (χ1n) is 3.46. The molecule has 3 nitrogen and oxygen atoms in total. The average Bonchev–Trinajstić information content (AvgIpc) is 2.07. The number of nitrogens with two attached hydrogens (primary N) is 1. The zero-order valence-electron chi connectivity index (χ0n) is 6.37. The lowest BCUT2D eigenvalue weighted by molar-refractivity contribution is 0.471. The Hall–Kier alpha value is -1.06. The highest BCUT2D eigenvalue weighted by Gasteiger charge is 1.98. The van der Waals surface area contributed by atoms with Gasteiger partial charge in [0.2, 0.25) is 0 Å². The predicted molar refractivity (Wildman–Crippen MR) is 49.0 cm³/mol. The van der Waals surface area contributed by atoms with Gasteiger partial charge in [-0.3, -0.25) is 0 Å². The Balaban J connectivity index is 2.97. The zero-order chi connectivity index (χ0) is 8.97. The molecule has 64 valence electrons. The fraction of sp³-hybridized carbons (Fsp3) is 0.125. The standard InChI is InChI=1S/C8H9ClN2O/c9-8-4-3-7(12)6(11-8)2-1-5-10/h1-4,12H,5,10H2. The van der Waals surface area contributed by atoms with E-state index in [9.17, 15) is 5.11 Å². The van der Waals surface area contributed by atoms with E-state index in [2.05, 4.69) is 4.98 Å². The van der Waals surface area contributed by atoms with Gasteiger partial charge in [0.25, 0.3) is 0 Å². The molecule has 0 unspecified atom stereocenters. The van der Waals surface area contributed by atoms with Crippen LogP contribution in [0.4, 0.5) is 0 Å². The normalized spacial score (nSPS) is 10.8. The third-order valence-corrected chi connectivity index (χ3v) is 1.49. The van der Waals surface area contributed by atoms with E-state index in [1.165, 1.54) is 12.1 Å². The molecule has 12 heavy (non-hydrogen) atoms. The highest BCUT2D eigenvalue weighted by atomic mass is 35.5. The van der Waals surface area contributed by atoms with Gasteiger partial charge in [0.15, 0.2) is 0 Å². The molecule has 0 aliphatic rings. The molecule has 0 radical (unpaired) electrons. The van der Waals surface area contributed by atoms with Crippen LogP contribution in [0.2, 0.25) is 5.15 Å². The van der Waals surface area contributed by atoms with Crippen LogP contribution in [0.25, 0.3) is 6.08 Å². The van der Waals surface area contributed by atoms with Crippen molar-refractivity contribution < 1.29 is 5.11 Å². The average molecular weight is 185 g/mol. The molecule has 0 fully saturated rings. The predicted octanol–water partition coefficient (Wildman–Crippen LogP) is 1.41. The summed E-state index contributed by atoms with van der Waals surface area (Å²) >= 11 is 5.61. The number of pyridine rings is 1. The monoisotopic (exact) mass is 184 g/mol. The fourth-order valence-electron chi connectivity index (χ4n) is 0.745. The summed E-state index contributed by atoms with van der Waals surface area (Å²) in [5, 5.41) is 9.60.